The van der Waals surface area contributed by atoms with Crippen molar-refractivity contribution in [2.24, 2.45) is 11.3 Å². The van der Waals surface area contributed by atoms with E-state index in [0.717, 1.165) is 19.5 Å². The number of hydrogen-bond donors (Lipinski definition) is 2. The van der Waals surface area contributed by atoms with Gasteiger partial charge in [0.15, 0.2) is 0 Å². The molecule has 2 unspecified atom stereocenters. The minimum atomic E-state index is -0.637. The van der Waals surface area contributed by atoms with Crippen molar-refractivity contribution in [3.05, 3.63) is 0 Å². The van der Waals surface area contributed by atoms with Gasteiger partial charge in [0.1, 0.15) is 0 Å². The summed E-state index contributed by atoms with van der Waals surface area (Å²) in [6, 6.07) is 0. The number of hydrogen-bond acceptors (Lipinski definition) is 2. The quantitative estimate of drug-likeness (QED) is 0.644. The number of carbonyl (C=O) groups is 1. The van der Waals surface area contributed by atoms with E-state index in [2.05, 4.69) is 5.32 Å². The van der Waals surface area contributed by atoms with Gasteiger partial charge >= 0.3 is 5.97 Å². The van der Waals surface area contributed by atoms with Crippen molar-refractivity contribution in [1.29, 1.82) is 0 Å². The van der Waals surface area contributed by atoms with Crippen LogP contribution in [0.4, 0.5) is 0 Å². The lowest BCUT2D eigenvalue weighted by Crippen LogP contribution is -2.32. The summed E-state index contributed by atoms with van der Waals surface area (Å²) >= 11 is 0. The summed E-state index contributed by atoms with van der Waals surface area (Å²) in [6.45, 7) is 2.16. The molecule has 2 aliphatic rings. The summed E-state index contributed by atoms with van der Waals surface area (Å²) in [5.74, 6) is -0.176. The number of carboxylic acid groups (broad SMARTS) is 1. The third-order valence-corrected chi connectivity index (χ3v) is 3.29. The Morgan fingerprint density at radius 3 is 3.08 bits per heavy atom. The van der Waals surface area contributed by atoms with E-state index in [1.165, 1.54) is 12.8 Å². The maximum absolute atomic E-state index is 10.5. The van der Waals surface area contributed by atoms with Crippen LogP contribution in [0.25, 0.3) is 0 Å². The second kappa shape index (κ2) is 2.73. The molecule has 0 aromatic rings. The normalized spacial score (nSPS) is 39.8. The van der Waals surface area contributed by atoms with Gasteiger partial charge in [-0.1, -0.05) is 0 Å². The molecule has 3 nitrogen and oxygen atoms in total. The molecule has 1 saturated carbocycles. The first kappa shape index (κ1) is 8.05. The van der Waals surface area contributed by atoms with Crippen molar-refractivity contribution < 1.29 is 9.90 Å². The van der Waals surface area contributed by atoms with E-state index in [1.807, 2.05) is 0 Å². The largest absolute Gasteiger partial charge is 0.481 e. The highest BCUT2D eigenvalue weighted by Crippen LogP contribution is 2.58. The van der Waals surface area contributed by atoms with Crippen LogP contribution < -0.4 is 5.32 Å². The fourth-order valence-electron chi connectivity index (χ4n) is 2.45. The molecule has 0 radical (unpaired) electrons. The summed E-state index contributed by atoms with van der Waals surface area (Å²) < 4.78 is 0. The molecular formula is C9H15NO2. The zero-order valence-corrected chi connectivity index (χ0v) is 7.18. The average Bonchev–Trinajstić information content (AvgIpc) is 2.63. The van der Waals surface area contributed by atoms with Gasteiger partial charge in [0.2, 0.25) is 0 Å². The third-order valence-electron chi connectivity index (χ3n) is 3.29. The smallest absolute Gasteiger partial charge is 0.303 e. The fraction of sp³-hybridized carbons (Fsp3) is 0.889. The molecule has 0 aromatic carbocycles. The molecule has 2 rings (SSSR count). The van der Waals surface area contributed by atoms with E-state index in [9.17, 15) is 4.79 Å². The molecule has 12 heavy (non-hydrogen) atoms. The summed E-state index contributed by atoms with van der Waals surface area (Å²) in [7, 11) is 0. The van der Waals surface area contributed by atoms with Crippen LogP contribution in [0.3, 0.4) is 0 Å². The van der Waals surface area contributed by atoms with E-state index in [4.69, 9.17) is 5.11 Å². The SMILES string of the molecule is O=C(O)CC1CC12CCCNC2. The monoisotopic (exact) mass is 169 g/mol. The Morgan fingerprint density at radius 2 is 2.50 bits per heavy atom. The molecule has 2 fully saturated rings. The Hall–Kier alpha value is -0.570. The zero-order chi connectivity index (χ0) is 8.60. The van der Waals surface area contributed by atoms with E-state index in [0.29, 0.717) is 17.8 Å². The Labute approximate surface area is 72.2 Å². The van der Waals surface area contributed by atoms with Crippen LogP contribution in [0, 0.1) is 11.3 Å². The van der Waals surface area contributed by atoms with Crippen molar-refractivity contribution in [3.8, 4) is 0 Å². The lowest BCUT2D eigenvalue weighted by molar-refractivity contribution is -0.137. The topological polar surface area (TPSA) is 49.3 Å². The van der Waals surface area contributed by atoms with Crippen molar-refractivity contribution in [2.45, 2.75) is 25.7 Å². The molecule has 2 atom stereocenters. The minimum absolute atomic E-state index is 0.377. The van der Waals surface area contributed by atoms with Gasteiger partial charge in [-0.2, -0.15) is 0 Å². The van der Waals surface area contributed by atoms with Gasteiger partial charge in [-0.05, 0) is 37.1 Å². The van der Waals surface area contributed by atoms with Crippen LogP contribution in [0.5, 0.6) is 0 Å². The van der Waals surface area contributed by atoms with Gasteiger partial charge in [0.25, 0.3) is 0 Å². The molecule has 1 saturated heterocycles. The zero-order valence-electron chi connectivity index (χ0n) is 7.18. The molecule has 68 valence electrons. The Bertz CT molecular complexity index is 197. The lowest BCUT2D eigenvalue weighted by Gasteiger charge is -2.23. The first-order valence-electron chi connectivity index (χ1n) is 4.65. The predicted octanol–water partition coefficient (Wildman–Crippen LogP) is 0.851. The summed E-state index contributed by atoms with van der Waals surface area (Å²) in [5.41, 5.74) is 0.386. The molecule has 2 N–H and O–H groups in total. The van der Waals surface area contributed by atoms with Crippen LogP contribution in [0.15, 0.2) is 0 Å². The molecule has 0 amide bonds. The molecule has 1 spiro atoms. The standard InChI is InChI=1S/C9H15NO2/c11-8(12)4-7-5-9(7)2-1-3-10-6-9/h7,10H,1-6H2,(H,11,12). The molecule has 1 heterocycles. The van der Waals surface area contributed by atoms with Crippen LogP contribution in [-0.2, 0) is 4.79 Å². The van der Waals surface area contributed by atoms with Crippen LogP contribution >= 0.6 is 0 Å². The van der Waals surface area contributed by atoms with E-state index in [1.54, 1.807) is 0 Å². The molecule has 3 heteroatoms. The second-order valence-corrected chi connectivity index (χ2v) is 4.14. The van der Waals surface area contributed by atoms with Gasteiger partial charge in [-0.3, -0.25) is 4.79 Å². The van der Waals surface area contributed by atoms with Gasteiger partial charge < -0.3 is 10.4 Å². The third kappa shape index (κ3) is 1.33. The van der Waals surface area contributed by atoms with Crippen molar-refractivity contribution in [3.63, 3.8) is 0 Å². The van der Waals surface area contributed by atoms with Crippen LogP contribution in [-0.4, -0.2) is 24.2 Å². The van der Waals surface area contributed by atoms with Crippen LogP contribution in [0.1, 0.15) is 25.7 Å². The maximum atomic E-state index is 10.5. The van der Waals surface area contributed by atoms with Gasteiger partial charge in [-0.15, -0.1) is 0 Å². The first-order valence-corrected chi connectivity index (χ1v) is 4.65. The molecular weight excluding hydrogens is 154 g/mol. The van der Waals surface area contributed by atoms with Crippen molar-refractivity contribution in [1.82, 2.24) is 5.32 Å². The maximum Gasteiger partial charge on any atom is 0.303 e. The lowest BCUT2D eigenvalue weighted by atomic mass is 9.93. The highest BCUT2D eigenvalue weighted by Gasteiger charge is 2.54. The highest BCUT2D eigenvalue weighted by atomic mass is 16.4. The Balaban J connectivity index is 1.86. The number of nitrogens with one attached hydrogen (secondary N) is 1. The fourth-order valence-corrected chi connectivity index (χ4v) is 2.45. The van der Waals surface area contributed by atoms with Gasteiger partial charge in [-0.25, -0.2) is 0 Å². The van der Waals surface area contributed by atoms with E-state index < -0.39 is 5.97 Å². The Morgan fingerprint density at radius 1 is 1.67 bits per heavy atom. The van der Waals surface area contributed by atoms with Crippen LogP contribution in [0.2, 0.25) is 0 Å². The summed E-state index contributed by atoms with van der Waals surface area (Å²) in [4.78, 5) is 10.5. The van der Waals surface area contributed by atoms with Crippen molar-refractivity contribution >= 4 is 5.97 Å². The van der Waals surface area contributed by atoms with Crippen molar-refractivity contribution in [2.75, 3.05) is 13.1 Å². The molecule has 1 aliphatic heterocycles. The Kier molecular flexibility index (Phi) is 1.83. The predicted molar refractivity (Wildman–Crippen MR) is 44.9 cm³/mol. The average molecular weight is 169 g/mol. The van der Waals surface area contributed by atoms with E-state index in [-0.39, 0.29) is 0 Å². The second-order valence-electron chi connectivity index (χ2n) is 4.14. The minimum Gasteiger partial charge on any atom is -0.481 e. The van der Waals surface area contributed by atoms with Gasteiger partial charge in [0, 0.05) is 13.0 Å². The van der Waals surface area contributed by atoms with Gasteiger partial charge in [0.05, 0.1) is 0 Å². The summed E-state index contributed by atoms with van der Waals surface area (Å²) in [6.07, 6.45) is 3.96. The first-order chi connectivity index (χ1) is 5.73. The molecule has 0 bridgehead atoms. The number of rotatable bonds is 2. The molecule has 1 aliphatic carbocycles. The number of piperidine rings is 1. The highest BCUT2D eigenvalue weighted by molar-refractivity contribution is 5.67. The number of carboxylic acids is 1. The summed E-state index contributed by atoms with van der Waals surface area (Å²) in [5, 5.41) is 12.0. The number of aliphatic carboxylic acids is 1. The van der Waals surface area contributed by atoms with E-state index >= 15 is 0 Å². The molecule has 0 aromatic heterocycles.